The SMILES string of the molecule is COc1ccc(Br)cc1S(=O)(=O)Nc1ncnn1C. The van der Waals surface area contributed by atoms with Crippen LogP contribution in [0.4, 0.5) is 5.95 Å². The van der Waals surface area contributed by atoms with Crippen molar-refractivity contribution in [3.63, 3.8) is 0 Å². The zero-order chi connectivity index (χ0) is 14.0. The van der Waals surface area contributed by atoms with Crippen molar-refractivity contribution >= 4 is 31.9 Å². The van der Waals surface area contributed by atoms with Gasteiger partial charge in [-0.1, -0.05) is 15.9 Å². The summed E-state index contributed by atoms with van der Waals surface area (Å²) in [5, 5.41) is 3.79. The summed E-state index contributed by atoms with van der Waals surface area (Å²) in [6.45, 7) is 0. The van der Waals surface area contributed by atoms with E-state index in [0.717, 1.165) is 0 Å². The number of aromatic nitrogens is 3. The summed E-state index contributed by atoms with van der Waals surface area (Å²) in [7, 11) is -0.806. The smallest absolute Gasteiger partial charge is 0.267 e. The Morgan fingerprint density at radius 3 is 2.74 bits per heavy atom. The molecule has 0 aliphatic heterocycles. The topological polar surface area (TPSA) is 86.1 Å². The molecule has 1 aromatic carbocycles. The molecule has 7 nitrogen and oxygen atoms in total. The summed E-state index contributed by atoms with van der Waals surface area (Å²) in [6.07, 6.45) is 1.26. The van der Waals surface area contributed by atoms with Gasteiger partial charge in [-0.15, -0.1) is 0 Å². The molecule has 0 amide bonds. The lowest BCUT2D eigenvalue weighted by atomic mass is 10.3. The number of aryl methyl sites for hydroxylation is 1. The highest BCUT2D eigenvalue weighted by molar-refractivity contribution is 9.10. The lowest BCUT2D eigenvalue weighted by molar-refractivity contribution is 0.402. The van der Waals surface area contributed by atoms with Gasteiger partial charge in [-0.05, 0) is 18.2 Å². The number of rotatable bonds is 4. The van der Waals surface area contributed by atoms with Gasteiger partial charge in [-0.2, -0.15) is 10.1 Å². The van der Waals surface area contributed by atoms with E-state index in [1.165, 1.54) is 24.2 Å². The Bertz CT molecular complexity index is 699. The van der Waals surface area contributed by atoms with Crippen LogP contribution in [0.15, 0.2) is 33.9 Å². The molecule has 0 atom stereocenters. The van der Waals surface area contributed by atoms with E-state index in [1.807, 2.05) is 0 Å². The summed E-state index contributed by atoms with van der Waals surface area (Å²) < 4.78 is 33.9. The van der Waals surface area contributed by atoms with Crippen molar-refractivity contribution in [2.45, 2.75) is 4.90 Å². The van der Waals surface area contributed by atoms with Crippen LogP contribution in [0.5, 0.6) is 5.75 Å². The highest BCUT2D eigenvalue weighted by Gasteiger charge is 2.21. The van der Waals surface area contributed by atoms with Crippen molar-refractivity contribution in [1.82, 2.24) is 14.8 Å². The summed E-state index contributed by atoms with van der Waals surface area (Å²) in [5.41, 5.74) is 0. The molecule has 0 saturated heterocycles. The van der Waals surface area contributed by atoms with E-state index in [4.69, 9.17) is 4.74 Å². The number of nitrogens with one attached hydrogen (secondary N) is 1. The number of methoxy groups -OCH3 is 1. The molecule has 102 valence electrons. The van der Waals surface area contributed by atoms with Crippen LogP contribution in [0.25, 0.3) is 0 Å². The Morgan fingerprint density at radius 1 is 1.42 bits per heavy atom. The predicted molar refractivity (Wildman–Crippen MR) is 72.5 cm³/mol. The fourth-order valence-corrected chi connectivity index (χ4v) is 3.17. The quantitative estimate of drug-likeness (QED) is 0.903. The van der Waals surface area contributed by atoms with E-state index in [-0.39, 0.29) is 16.6 Å². The third kappa shape index (κ3) is 2.87. The Balaban J connectivity index is 2.45. The van der Waals surface area contributed by atoms with Gasteiger partial charge in [0.25, 0.3) is 10.0 Å². The Hall–Kier alpha value is -1.61. The number of hydrogen-bond acceptors (Lipinski definition) is 5. The molecule has 2 aromatic rings. The van der Waals surface area contributed by atoms with Crippen molar-refractivity contribution in [3.05, 3.63) is 29.0 Å². The average Bonchev–Trinajstić information content (AvgIpc) is 2.74. The highest BCUT2D eigenvalue weighted by Crippen LogP contribution is 2.28. The lowest BCUT2D eigenvalue weighted by Gasteiger charge is -2.11. The first kappa shape index (κ1) is 13.8. The standard InChI is InChI=1S/C10H11BrN4O3S/c1-15-10(12-6-13-15)14-19(16,17)9-5-7(11)3-4-8(9)18-2/h3-6H,1-2H3,(H,12,13,14). The summed E-state index contributed by atoms with van der Waals surface area (Å²) >= 11 is 3.23. The monoisotopic (exact) mass is 346 g/mol. The first-order chi connectivity index (χ1) is 8.94. The molecule has 0 bridgehead atoms. The number of nitrogens with zero attached hydrogens (tertiary/aromatic N) is 3. The van der Waals surface area contributed by atoms with Gasteiger partial charge in [0, 0.05) is 11.5 Å². The second-order valence-electron chi connectivity index (χ2n) is 3.61. The number of benzene rings is 1. The zero-order valence-electron chi connectivity index (χ0n) is 10.2. The Kier molecular flexibility index (Phi) is 3.76. The largest absolute Gasteiger partial charge is 0.495 e. The van der Waals surface area contributed by atoms with E-state index in [2.05, 4.69) is 30.7 Å². The maximum Gasteiger partial charge on any atom is 0.267 e. The third-order valence-corrected chi connectivity index (χ3v) is 4.19. The number of anilines is 1. The molecule has 1 aromatic heterocycles. The van der Waals surface area contributed by atoms with E-state index in [1.54, 1.807) is 19.2 Å². The second-order valence-corrected chi connectivity index (χ2v) is 6.17. The normalized spacial score (nSPS) is 11.3. The number of hydrogen-bond donors (Lipinski definition) is 1. The first-order valence-electron chi connectivity index (χ1n) is 5.14. The lowest BCUT2D eigenvalue weighted by Crippen LogP contribution is -2.17. The molecular weight excluding hydrogens is 336 g/mol. The van der Waals surface area contributed by atoms with Gasteiger partial charge < -0.3 is 4.74 Å². The Labute approximate surface area is 118 Å². The molecule has 0 aliphatic carbocycles. The van der Waals surface area contributed by atoms with Crippen molar-refractivity contribution in [2.24, 2.45) is 7.05 Å². The number of sulfonamides is 1. The molecule has 1 heterocycles. The van der Waals surface area contributed by atoms with Crippen molar-refractivity contribution in [1.29, 1.82) is 0 Å². The van der Waals surface area contributed by atoms with Crippen molar-refractivity contribution < 1.29 is 13.2 Å². The van der Waals surface area contributed by atoms with Gasteiger partial charge in [0.1, 0.15) is 17.0 Å². The van der Waals surface area contributed by atoms with Gasteiger partial charge in [0.05, 0.1) is 7.11 Å². The first-order valence-corrected chi connectivity index (χ1v) is 7.42. The van der Waals surface area contributed by atoms with Crippen LogP contribution in [-0.2, 0) is 17.1 Å². The second kappa shape index (κ2) is 5.17. The maximum absolute atomic E-state index is 12.3. The molecule has 1 N–H and O–H groups in total. The van der Waals surface area contributed by atoms with Gasteiger partial charge in [-0.3, -0.25) is 0 Å². The van der Waals surface area contributed by atoms with E-state index < -0.39 is 10.0 Å². The third-order valence-electron chi connectivity index (χ3n) is 2.35. The van der Waals surface area contributed by atoms with Crippen molar-refractivity contribution in [3.8, 4) is 5.75 Å². The fraction of sp³-hybridized carbons (Fsp3) is 0.200. The van der Waals surface area contributed by atoms with E-state index in [0.29, 0.717) is 4.47 Å². The predicted octanol–water partition coefficient (Wildman–Crippen LogP) is 1.39. The minimum atomic E-state index is -3.80. The molecule has 2 rings (SSSR count). The molecule has 0 radical (unpaired) electrons. The van der Waals surface area contributed by atoms with Gasteiger partial charge in [-0.25, -0.2) is 17.8 Å². The molecule has 0 saturated carbocycles. The minimum absolute atomic E-state index is 0.0207. The van der Waals surface area contributed by atoms with Gasteiger partial charge in [0.15, 0.2) is 0 Å². The van der Waals surface area contributed by atoms with Crippen LogP contribution in [0.2, 0.25) is 0 Å². The molecule has 19 heavy (non-hydrogen) atoms. The fourth-order valence-electron chi connectivity index (χ4n) is 1.42. The van der Waals surface area contributed by atoms with Crippen LogP contribution >= 0.6 is 15.9 Å². The summed E-state index contributed by atoms with van der Waals surface area (Å²) in [4.78, 5) is 3.83. The number of ether oxygens (including phenoxy) is 1. The number of halogens is 1. The molecule has 0 aliphatic rings. The Morgan fingerprint density at radius 2 is 2.16 bits per heavy atom. The highest BCUT2D eigenvalue weighted by atomic mass is 79.9. The van der Waals surface area contributed by atoms with Gasteiger partial charge in [0.2, 0.25) is 5.95 Å². The maximum atomic E-state index is 12.3. The van der Waals surface area contributed by atoms with Gasteiger partial charge >= 0.3 is 0 Å². The van der Waals surface area contributed by atoms with Crippen molar-refractivity contribution in [2.75, 3.05) is 11.8 Å². The van der Waals surface area contributed by atoms with Crippen LogP contribution < -0.4 is 9.46 Å². The van der Waals surface area contributed by atoms with E-state index in [9.17, 15) is 8.42 Å². The van der Waals surface area contributed by atoms with Crippen LogP contribution in [0, 0.1) is 0 Å². The molecule has 0 spiro atoms. The summed E-state index contributed by atoms with van der Waals surface area (Å²) in [6, 6.07) is 4.72. The molecular formula is C10H11BrN4O3S. The zero-order valence-corrected chi connectivity index (χ0v) is 12.6. The molecule has 0 fully saturated rings. The minimum Gasteiger partial charge on any atom is -0.495 e. The summed E-state index contributed by atoms with van der Waals surface area (Å²) in [5.74, 6) is 0.375. The molecule has 9 heteroatoms. The van der Waals surface area contributed by atoms with Crippen LogP contribution in [-0.4, -0.2) is 30.3 Å². The van der Waals surface area contributed by atoms with Crippen LogP contribution in [0.3, 0.4) is 0 Å². The van der Waals surface area contributed by atoms with E-state index >= 15 is 0 Å². The molecule has 0 unspecified atom stereocenters. The average molecular weight is 347 g/mol. The van der Waals surface area contributed by atoms with Crippen LogP contribution in [0.1, 0.15) is 0 Å².